The molecule has 0 aliphatic heterocycles. The smallest absolute Gasteiger partial charge is 0.454 e. The third-order valence-corrected chi connectivity index (χ3v) is 2.25. The zero-order chi connectivity index (χ0) is 13.9. The van der Waals surface area contributed by atoms with Crippen LogP contribution in [0.5, 0.6) is 0 Å². The Balaban J connectivity index is 2.81. The first kappa shape index (κ1) is 14.2. The first-order valence-electron chi connectivity index (χ1n) is 4.90. The van der Waals surface area contributed by atoms with Crippen molar-refractivity contribution >= 4 is 11.8 Å². The number of carboxylic acid groups (broad SMARTS) is 1. The van der Waals surface area contributed by atoms with Crippen LogP contribution < -0.4 is 5.73 Å². The van der Waals surface area contributed by atoms with Gasteiger partial charge in [0.05, 0.1) is 0 Å². The van der Waals surface area contributed by atoms with Crippen LogP contribution >= 0.6 is 0 Å². The Morgan fingerprint density at radius 3 is 2.11 bits per heavy atom. The first-order chi connectivity index (χ1) is 8.21. The van der Waals surface area contributed by atoms with E-state index in [0.29, 0.717) is 5.56 Å². The maximum absolute atomic E-state index is 12.1. The number of hydrogen-bond donors (Lipinski definition) is 2. The van der Waals surface area contributed by atoms with Gasteiger partial charge >= 0.3 is 12.1 Å². The van der Waals surface area contributed by atoms with Gasteiger partial charge in [0, 0.05) is 5.56 Å². The van der Waals surface area contributed by atoms with Crippen LogP contribution in [0.3, 0.4) is 0 Å². The number of aliphatic carboxylic acids is 1. The van der Waals surface area contributed by atoms with Crippen molar-refractivity contribution < 1.29 is 27.9 Å². The molecule has 1 aromatic carbocycles. The number of carboxylic acids is 1. The van der Waals surface area contributed by atoms with Crippen LogP contribution in [0.25, 0.3) is 0 Å². The van der Waals surface area contributed by atoms with Gasteiger partial charge in [0.1, 0.15) is 6.04 Å². The molecule has 0 saturated carbocycles. The van der Waals surface area contributed by atoms with E-state index in [1.807, 2.05) is 0 Å². The number of nitrogens with two attached hydrogens (primary N) is 1. The van der Waals surface area contributed by atoms with Crippen molar-refractivity contribution in [2.45, 2.75) is 18.6 Å². The Labute approximate surface area is 100 Å². The van der Waals surface area contributed by atoms with Crippen molar-refractivity contribution in [2.24, 2.45) is 5.73 Å². The topological polar surface area (TPSA) is 80.4 Å². The highest BCUT2D eigenvalue weighted by molar-refractivity contribution is 6.00. The fourth-order valence-corrected chi connectivity index (χ4v) is 1.30. The zero-order valence-electron chi connectivity index (χ0n) is 9.07. The van der Waals surface area contributed by atoms with E-state index in [9.17, 15) is 22.8 Å². The van der Waals surface area contributed by atoms with Gasteiger partial charge in [-0.15, -0.1) is 0 Å². The normalized spacial score (nSPS) is 13.1. The lowest BCUT2D eigenvalue weighted by Crippen LogP contribution is -2.32. The lowest BCUT2D eigenvalue weighted by molar-refractivity contribution is -0.138. The molecule has 1 unspecified atom stereocenters. The molecule has 0 amide bonds. The van der Waals surface area contributed by atoms with Crippen molar-refractivity contribution in [3.05, 3.63) is 35.4 Å². The molecule has 0 radical (unpaired) electrons. The molecule has 18 heavy (non-hydrogen) atoms. The monoisotopic (exact) mass is 261 g/mol. The Morgan fingerprint density at radius 1 is 1.22 bits per heavy atom. The molecule has 0 aromatic heterocycles. The number of rotatable bonds is 4. The molecule has 1 rings (SSSR count). The van der Waals surface area contributed by atoms with E-state index in [1.54, 1.807) is 0 Å². The minimum atomic E-state index is -4.92. The average molecular weight is 261 g/mol. The molecule has 0 aliphatic rings. The molecule has 0 aliphatic carbocycles. The van der Waals surface area contributed by atoms with Crippen LogP contribution in [0.1, 0.15) is 15.9 Å². The number of benzene rings is 1. The Bertz CT molecular complexity index is 454. The fourth-order valence-electron chi connectivity index (χ4n) is 1.30. The van der Waals surface area contributed by atoms with Gasteiger partial charge in [0.2, 0.25) is 0 Å². The third-order valence-electron chi connectivity index (χ3n) is 2.25. The molecule has 98 valence electrons. The van der Waals surface area contributed by atoms with Gasteiger partial charge in [-0.3, -0.25) is 9.59 Å². The highest BCUT2D eigenvalue weighted by atomic mass is 19.4. The van der Waals surface area contributed by atoms with Gasteiger partial charge in [-0.2, -0.15) is 13.2 Å². The summed E-state index contributed by atoms with van der Waals surface area (Å²) in [5, 5.41) is 8.56. The number of ketones is 1. The van der Waals surface area contributed by atoms with Gasteiger partial charge in [-0.05, 0) is 12.0 Å². The number of Topliss-reactive ketones (excluding diaryl/α,β-unsaturated/α-hetero) is 1. The van der Waals surface area contributed by atoms with E-state index in [0.717, 1.165) is 12.1 Å². The lowest BCUT2D eigenvalue weighted by atomic mass is 10.0. The SMILES string of the molecule is NC(Cc1ccc(C(=O)C(F)(F)F)cc1)C(=O)O. The molecule has 0 saturated heterocycles. The molecule has 0 heterocycles. The van der Waals surface area contributed by atoms with Crippen molar-refractivity contribution in [2.75, 3.05) is 0 Å². The summed E-state index contributed by atoms with van der Waals surface area (Å²) in [6.07, 6.45) is -4.94. The molecule has 1 aromatic rings. The number of carbonyl (C=O) groups excluding carboxylic acids is 1. The average Bonchev–Trinajstić information content (AvgIpc) is 2.27. The third kappa shape index (κ3) is 3.56. The Hall–Kier alpha value is -1.89. The summed E-state index contributed by atoms with van der Waals surface area (Å²) in [7, 11) is 0. The Kier molecular flexibility index (Phi) is 4.07. The molecular weight excluding hydrogens is 251 g/mol. The van der Waals surface area contributed by atoms with Gasteiger partial charge < -0.3 is 10.8 Å². The number of carbonyl (C=O) groups is 2. The number of alkyl halides is 3. The van der Waals surface area contributed by atoms with Crippen molar-refractivity contribution in [1.29, 1.82) is 0 Å². The van der Waals surface area contributed by atoms with E-state index >= 15 is 0 Å². The highest BCUT2D eigenvalue weighted by Gasteiger charge is 2.39. The minimum Gasteiger partial charge on any atom is -0.480 e. The predicted octanol–water partition coefficient (Wildman–Crippen LogP) is 1.39. The van der Waals surface area contributed by atoms with Crippen LogP contribution in [-0.2, 0) is 11.2 Å². The van der Waals surface area contributed by atoms with E-state index in [-0.39, 0.29) is 6.42 Å². The summed E-state index contributed by atoms with van der Waals surface area (Å²) in [5.41, 5.74) is 5.23. The lowest BCUT2D eigenvalue weighted by Gasteiger charge is -2.08. The predicted molar refractivity (Wildman–Crippen MR) is 56.1 cm³/mol. The summed E-state index contributed by atoms with van der Waals surface area (Å²) in [6, 6.07) is 3.37. The molecular formula is C11H10F3NO3. The van der Waals surface area contributed by atoms with Crippen LogP contribution in [0.4, 0.5) is 13.2 Å². The van der Waals surface area contributed by atoms with Crippen LogP contribution in [0.15, 0.2) is 24.3 Å². The second-order valence-corrected chi connectivity index (χ2v) is 3.67. The maximum atomic E-state index is 12.1. The standard InChI is InChI=1S/C11H10F3NO3/c12-11(13,14)9(16)7-3-1-6(2-4-7)5-8(15)10(17)18/h1-4,8H,5,15H2,(H,17,18). The Morgan fingerprint density at radius 2 is 1.72 bits per heavy atom. The van der Waals surface area contributed by atoms with Gasteiger partial charge in [0.25, 0.3) is 5.78 Å². The molecule has 0 spiro atoms. The molecule has 0 bridgehead atoms. The van der Waals surface area contributed by atoms with Gasteiger partial charge in [-0.25, -0.2) is 0 Å². The van der Waals surface area contributed by atoms with Crippen molar-refractivity contribution in [1.82, 2.24) is 0 Å². The summed E-state index contributed by atoms with van der Waals surface area (Å²) in [5.74, 6) is -3.14. The summed E-state index contributed by atoms with van der Waals surface area (Å²) in [6.45, 7) is 0. The van der Waals surface area contributed by atoms with Crippen LogP contribution in [0.2, 0.25) is 0 Å². The minimum absolute atomic E-state index is 0.0180. The second kappa shape index (κ2) is 5.18. The highest BCUT2D eigenvalue weighted by Crippen LogP contribution is 2.21. The van der Waals surface area contributed by atoms with E-state index in [4.69, 9.17) is 10.8 Å². The zero-order valence-corrected chi connectivity index (χ0v) is 9.07. The maximum Gasteiger partial charge on any atom is 0.454 e. The fraction of sp³-hybridized carbons (Fsp3) is 0.273. The van der Waals surface area contributed by atoms with Crippen LogP contribution in [0, 0.1) is 0 Å². The molecule has 7 heteroatoms. The van der Waals surface area contributed by atoms with E-state index < -0.39 is 29.5 Å². The van der Waals surface area contributed by atoms with E-state index in [2.05, 4.69) is 0 Å². The molecule has 4 nitrogen and oxygen atoms in total. The molecule has 3 N–H and O–H groups in total. The van der Waals surface area contributed by atoms with Crippen LogP contribution in [-0.4, -0.2) is 29.1 Å². The van der Waals surface area contributed by atoms with Crippen molar-refractivity contribution in [3.8, 4) is 0 Å². The van der Waals surface area contributed by atoms with Gasteiger partial charge in [0.15, 0.2) is 0 Å². The second-order valence-electron chi connectivity index (χ2n) is 3.67. The van der Waals surface area contributed by atoms with Crippen molar-refractivity contribution in [3.63, 3.8) is 0 Å². The summed E-state index contributed by atoms with van der Waals surface area (Å²) < 4.78 is 36.3. The molecule has 1 atom stereocenters. The number of hydrogen-bond acceptors (Lipinski definition) is 3. The first-order valence-corrected chi connectivity index (χ1v) is 4.90. The molecule has 0 fully saturated rings. The van der Waals surface area contributed by atoms with E-state index in [1.165, 1.54) is 12.1 Å². The quantitative estimate of drug-likeness (QED) is 0.802. The van der Waals surface area contributed by atoms with Gasteiger partial charge in [-0.1, -0.05) is 24.3 Å². The summed E-state index contributed by atoms with van der Waals surface area (Å²) in [4.78, 5) is 21.3. The summed E-state index contributed by atoms with van der Waals surface area (Å²) >= 11 is 0. The largest absolute Gasteiger partial charge is 0.480 e. The number of halogens is 3.